The van der Waals surface area contributed by atoms with Crippen molar-refractivity contribution in [3.05, 3.63) is 0 Å². The third-order valence-corrected chi connectivity index (χ3v) is 1.68. The van der Waals surface area contributed by atoms with Crippen molar-refractivity contribution in [2.24, 2.45) is 5.41 Å². The van der Waals surface area contributed by atoms with Gasteiger partial charge in [0.1, 0.15) is 6.29 Å². The Morgan fingerprint density at radius 3 is 2.64 bits per heavy atom. The summed E-state index contributed by atoms with van der Waals surface area (Å²) in [4.78, 5) is 21.3. The van der Waals surface area contributed by atoms with Crippen LogP contribution >= 0.6 is 0 Å². The fraction of sp³-hybridized carbons (Fsp3) is 0.800. The molecular formula is C10H19NO3. The highest BCUT2D eigenvalue weighted by Crippen LogP contribution is 2.10. The predicted octanol–water partition coefficient (Wildman–Crippen LogP) is 0.754. The van der Waals surface area contributed by atoms with E-state index in [9.17, 15) is 9.59 Å². The molecule has 4 nitrogen and oxygen atoms in total. The molecule has 0 saturated carbocycles. The molecule has 0 unspecified atom stereocenters. The summed E-state index contributed by atoms with van der Waals surface area (Å²) in [5.41, 5.74) is -0.436. The number of rotatable bonds is 7. The van der Waals surface area contributed by atoms with Crippen LogP contribution in [0.4, 0.5) is 0 Å². The molecule has 0 aliphatic rings. The molecule has 0 radical (unpaired) electrons. The molecule has 0 aromatic rings. The maximum atomic E-state index is 10.8. The first-order valence-corrected chi connectivity index (χ1v) is 4.82. The Morgan fingerprint density at radius 1 is 1.50 bits per heavy atom. The molecule has 0 spiro atoms. The van der Waals surface area contributed by atoms with E-state index in [2.05, 4.69) is 5.32 Å². The van der Waals surface area contributed by atoms with Gasteiger partial charge < -0.3 is 14.8 Å². The lowest BCUT2D eigenvalue weighted by Crippen LogP contribution is -2.28. The van der Waals surface area contributed by atoms with Crippen molar-refractivity contribution in [1.29, 1.82) is 0 Å². The van der Waals surface area contributed by atoms with E-state index in [0.29, 0.717) is 26.2 Å². The molecule has 0 aromatic heterocycles. The Balaban J connectivity index is 3.38. The van der Waals surface area contributed by atoms with Crippen molar-refractivity contribution < 1.29 is 14.3 Å². The topological polar surface area (TPSA) is 55.4 Å². The molecule has 14 heavy (non-hydrogen) atoms. The van der Waals surface area contributed by atoms with Gasteiger partial charge in [-0.1, -0.05) is 20.8 Å². The Labute approximate surface area is 85.0 Å². The van der Waals surface area contributed by atoms with Crippen LogP contribution in [0.1, 0.15) is 27.2 Å². The standard InChI is InChI=1S/C10H19NO3/c1-4-9(13)11-5-6-14-8-10(2,3)7-12/h7H,4-6,8H2,1-3H3,(H,11,13). The number of nitrogens with one attached hydrogen (secondary N) is 1. The van der Waals surface area contributed by atoms with Crippen LogP contribution in [-0.2, 0) is 14.3 Å². The van der Waals surface area contributed by atoms with Crippen LogP contribution in [-0.4, -0.2) is 32.0 Å². The second-order valence-electron chi connectivity index (χ2n) is 3.86. The van der Waals surface area contributed by atoms with Gasteiger partial charge in [0.05, 0.1) is 13.2 Å². The zero-order valence-electron chi connectivity index (χ0n) is 9.13. The third kappa shape index (κ3) is 6.60. The summed E-state index contributed by atoms with van der Waals surface area (Å²) in [6, 6.07) is 0. The Hall–Kier alpha value is -0.900. The number of carbonyl (C=O) groups is 2. The molecule has 0 heterocycles. The van der Waals surface area contributed by atoms with Crippen LogP contribution in [0, 0.1) is 5.41 Å². The third-order valence-electron chi connectivity index (χ3n) is 1.68. The molecule has 0 saturated heterocycles. The lowest BCUT2D eigenvalue weighted by Gasteiger charge is -2.16. The summed E-state index contributed by atoms with van der Waals surface area (Å²) in [5.74, 6) is 0.0169. The van der Waals surface area contributed by atoms with E-state index >= 15 is 0 Å². The van der Waals surface area contributed by atoms with Crippen molar-refractivity contribution in [1.82, 2.24) is 5.32 Å². The lowest BCUT2D eigenvalue weighted by atomic mass is 9.98. The monoisotopic (exact) mass is 201 g/mol. The molecule has 0 atom stereocenters. The first kappa shape index (κ1) is 13.1. The van der Waals surface area contributed by atoms with Gasteiger partial charge in [-0.2, -0.15) is 0 Å². The summed E-state index contributed by atoms with van der Waals surface area (Å²) < 4.78 is 5.24. The highest BCUT2D eigenvalue weighted by atomic mass is 16.5. The Morgan fingerprint density at radius 2 is 2.14 bits per heavy atom. The second kappa shape index (κ2) is 6.54. The molecule has 0 aromatic carbocycles. The summed E-state index contributed by atoms with van der Waals surface area (Å²) in [6.07, 6.45) is 1.36. The molecule has 1 amide bonds. The van der Waals surface area contributed by atoms with E-state index in [4.69, 9.17) is 4.74 Å². The maximum absolute atomic E-state index is 10.8. The van der Waals surface area contributed by atoms with Crippen molar-refractivity contribution >= 4 is 12.2 Å². The number of hydrogen-bond donors (Lipinski definition) is 1. The van der Waals surface area contributed by atoms with Gasteiger partial charge in [-0.05, 0) is 0 Å². The number of aldehydes is 1. The number of carbonyl (C=O) groups excluding carboxylic acids is 2. The van der Waals surface area contributed by atoms with Crippen molar-refractivity contribution in [3.63, 3.8) is 0 Å². The minimum atomic E-state index is -0.436. The average Bonchev–Trinajstić information content (AvgIpc) is 2.17. The van der Waals surface area contributed by atoms with Gasteiger partial charge in [0, 0.05) is 18.4 Å². The van der Waals surface area contributed by atoms with Crippen LogP contribution < -0.4 is 5.32 Å². The Bertz CT molecular complexity index is 190. The quantitative estimate of drug-likeness (QED) is 0.488. The first-order chi connectivity index (χ1) is 6.52. The molecule has 0 aliphatic heterocycles. The maximum Gasteiger partial charge on any atom is 0.219 e. The number of ether oxygens (including phenoxy) is 1. The highest BCUT2D eigenvalue weighted by molar-refractivity contribution is 5.75. The molecule has 0 aliphatic carbocycles. The van der Waals surface area contributed by atoms with E-state index in [1.165, 1.54) is 0 Å². The van der Waals surface area contributed by atoms with Gasteiger partial charge in [-0.25, -0.2) is 0 Å². The predicted molar refractivity (Wildman–Crippen MR) is 54.0 cm³/mol. The van der Waals surface area contributed by atoms with Crippen LogP contribution in [0.25, 0.3) is 0 Å². The molecular weight excluding hydrogens is 182 g/mol. The number of hydrogen-bond acceptors (Lipinski definition) is 3. The fourth-order valence-electron chi connectivity index (χ4n) is 0.757. The summed E-state index contributed by atoms with van der Waals surface area (Å²) in [6.45, 7) is 6.75. The van der Waals surface area contributed by atoms with Crippen molar-refractivity contribution in [2.45, 2.75) is 27.2 Å². The molecule has 0 rings (SSSR count). The van der Waals surface area contributed by atoms with E-state index < -0.39 is 5.41 Å². The van der Waals surface area contributed by atoms with Gasteiger partial charge in [-0.3, -0.25) is 4.79 Å². The van der Waals surface area contributed by atoms with Crippen molar-refractivity contribution in [3.8, 4) is 0 Å². The second-order valence-corrected chi connectivity index (χ2v) is 3.86. The lowest BCUT2D eigenvalue weighted by molar-refractivity contribution is -0.121. The van der Waals surface area contributed by atoms with Crippen LogP contribution in [0.2, 0.25) is 0 Å². The largest absolute Gasteiger partial charge is 0.379 e. The summed E-state index contributed by atoms with van der Waals surface area (Å²) in [5, 5.41) is 2.68. The van der Waals surface area contributed by atoms with Crippen molar-refractivity contribution in [2.75, 3.05) is 19.8 Å². The van der Waals surface area contributed by atoms with Gasteiger partial charge >= 0.3 is 0 Å². The number of amides is 1. The van der Waals surface area contributed by atoms with Gasteiger partial charge in [0.15, 0.2) is 0 Å². The molecule has 0 fully saturated rings. The highest BCUT2D eigenvalue weighted by Gasteiger charge is 2.15. The van der Waals surface area contributed by atoms with Gasteiger partial charge in [-0.15, -0.1) is 0 Å². The minimum absolute atomic E-state index is 0.0169. The van der Waals surface area contributed by atoms with E-state index in [0.717, 1.165) is 6.29 Å². The molecule has 82 valence electrons. The fourth-order valence-corrected chi connectivity index (χ4v) is 0.757. The molecule has 4 heteroatoms. The minimum Gasteiger partial charge on any atom is -0.379 e. The summed E-state index contributed by atoms with van der Waals surface area (Å²) in [7, 11) is 0. The van der Waals surface area contributed by atoms with Gasteiger partial charge in [0.25, 0.3) is 0 Å². The van der Waals surface area contributed by atoms with E-state index in [1.807, 2.05) is 13.8 Å². The zero-order chi connectivity index (χ0) is 11.0. The first-order valence-electron chi connectivity index (χ1n) is 4.82. The van der Waals surface area contributed by atoms with Crippen LogP contribution in [0.3, 0.4) is 0 Å². The summed E-state index contributed by atoms with van der Waals surface area (Å²) >= 11 is 0. The smallest absolute Gasteiger partial charge is 0.219 e. The van der Waals surface area contributed by atoms with Crippen LogP contribution in [0.5, 0.6) is 0 Å². The van der Waals surface area contributed by atoms with E-state index in [-0.39, 0.29) is 5.91 Å². The normalized spacial score (nSPS) is 11.1. The molecule has 0 bridgehead atoms. The van der Waals surface area contributed by atoms with Crippen LogP contribution in [0.15, 0.2) is 0 Å². The SMILES string of the molecule is CCC(=O)NCCOCC(C)(C)C=O. The zero-order valence-corrected chi connectivity index (χ0v) is 9.13. The van der Waals surface area contributed by atoms with E-state index in [1.54, 1.807) is 6.92 Å². The molecule has 1 N–H and O–H groups in total. The average molecular weight is 201 g/mol. The van der Waals surface area contributed by atoms with Gasteiger partial charge in [0.2, 0.25) is 5.91 Å². The Kier molecular flexibility index (Phi) is 6.12.